The van der Waals surface area contributed by atoms with Crippen LogP contribution >= 0.6 is 0 Å². The van der Waals surface area contributed by atoms with E-state index in [1.807, 2.05) is 0 Å². The molecule has 0 fully saturated rings. The summed E-state index contributed by atoms with van der Waals surface area (Å²) in [7, 11) is 0. The molecule has 0 aliphatic carbocycles. The molecule has 3 rings (SSSR count). The first-order chi connectivity index (χ1) is 15.0. The number of rotatable bonds is 10. The van der Waals surface area contributed by atoms with Crippen LogP contribution in [-0.4, -0.2) is 11.7 Å². The summed E-state index contributed by atoms with van der Waals surface area (Å²) in [5, 5.41) is 13.6. The summed E-state index contributed by atoms with van der Waals surface area (Å²) < 4.78 is 0. The van der Waals surface area contributed by atoms with E-state index in [-0.39, 0.29) is 18.6 Å². The Kier molecular flexibility index (Phi) is 8.31. The molecule has 2 nitrogen and oxygen atoms in total. The molecule has 3 aromatic carbocycles. The number of aliphatic hydroxyl groups excluding tert-OH is 1. The van der Waals surface area contributed by atoms with Gasteiger partial charge >= 0.3 is 0 Å². The summed E-state index contributed by atoms with van der Waals surface area (Å²) in [6.07, 6.45) is 1.71. The summed E-state index contributed by atoms with van der Waals surface area (Å²) in [6, 6.07) is 28.3. The van der Waals surface area contributed by atoms with E-state index in [9.17, 15) is 5.11 Å². The van der Waals surface area contributed by atoms with E-state index in [1.165, 1.54) is 27.9 Å². The van der Waals surface area contributed by atoms with Gasteiger partial charge in [-0.1, -0.05) is 107 Å². The van der Waals surface area contributed by atoms with E-state index < -0.39 is 0 Å². The van der Waals surface area contributed by atoms with Gasteiger partial charge in [0, 0.05) is 18.2 Å². The number of benzene rings is 3. The van der Waals surface area contributed by atoms with E-state index >= 15 is 0 Å². The van der Waals surface area contributed by atoms with Gasteiger partial charge in [0.2, 0.25) is 0 Å². The van der Waals surface area contributed by atoms with Crippen molar-refractivity contribution >= 4 is 5.69 Å². The molecule has 2 atom stereocenters. The molecule has 31 heavy (non-hydrogen) atoms. The van der Waals surface area contributed by atoms with Gasteiger partial charge in [-0.2, -0.15) is 0 Å². The molecule has 0 spiro atoms. The van der Waals surface area contributed by atoms with E-state index in [2.05, 4.69) is 112 Å². The monoisotopic (exact) mass is 415 g/mol. The molecule has 0 heterocycles. The second-order valence-corrected chi connectivity index (χ2v) is 9.04. The third kappa shape index (κ3) is 5.77. The van der Waals surface area contributed by atoms with Crippen LogP contribution in [0, 0.1) is 0 Å². The van der Waals surface area contributed by atoms with Gasteiger partial charge in [-0.05, 0) is 46.9 Å². The molecule has 0 saturated heterocycles. The number of hydrogen-bond acceptors (Lipinski definition) is 2. The lowest BCUT2D eigenvalue weighted by atomic mass is 9.82. The Bertz CT molecular complexity index is 892. The fourth-order valence-corrected chi connectivity index (χ4v) is 4.49. The van der Waals surface area contributed by atoms with Crippen molar-refractivity contribution in [1.29, 1.82) is 0 Å². The predicted molar refractivity (Wildman–Crippen MR) is 133 cm³/mol. The van der Waals surface area contributed by atoms with Crippen molar-refractivity contribution < 1.29 is 5.11 Å². The lowest BCUT2D eigenvalue weighted by Gasteiger charge is -2.33. The van der Waals surface area contributed by atoms with Gasteiger partial charge in [0.05, 0.1) is 6.04 Å². The zero-order valence-electron chi connectivity index (χ0n) is 19.4. The first kappa shape index (κ1) is 23.1. The van der Waals surface area contributed by atoms with Crippen molar-refractivity contribution in [3.8, 4) is 0 Å². The van der Waals surface area contributed by atoms with Crippen LogP contribution in [0.3, 0.4) is 0 Å². The van der Waals surface area contributed by atoms with Crippen LogP contribution in [0.25, 0.3) is 0 Å². The van der Waals surface area contributed by atoms with Gasteiger partial charge in [0.1, 0.15) is 0 Å². The Hall–Kier alpha value is -2.58. The normalized spacial score (nSPS) is 13.4. The first-order valence-electron chi connectivity index (χ1n) is 11.6. The minimum Gasteiger partial charge on any atom is -0.396 e. The van der Waals surface area contributed by atoms with Gasteiger partial charge < -0.3 is 10.4 Å². The van der Waals surface area contributed by atoms with Crippen molar-refractivity contribution in [3.63, 3.8) is 0 Å². The molecule has 0 amide bonds. The van der Waals surface area contributed by atoms with Crippen LogP contribution in [0.5, 0.6) is 0 Å². The summed E-state index contributed by atoms with van der Waals surface area (Å²) in [5.41, 5.74) is 6.58. The number of aliphatic hydroxyl groups is 1. The topological polar surface area (TPSA) is 32.3 Å². The zero-order chi connectivity index (χ0) is 22.2. The number of nitrogens with one attached hydrogen (secondary N) is 1. The maximum absolute atomic E-state index is 9.62. The minimum atomic E-state index is 0.118. The van der Waals surface area contributed by atoms with Gasteiger partial charge in [0.25, 0.3) is 0 Å². The van der Waals surface area contributed by atoms with E-state index in [0.29, 0.717) is 11.8 Å². The molecule has 3 aromatic rings. The minimum absolute atomic E-state index is 0.118. The van der Waals surface area contributed by atoms with Crippen LogP contribution < -0.4 is 5.32 Å². The molecule has 2 N–H and O–H groups in total. The Morgan fingerprint density at radius 1 is 0.677 bits per heavy atom. The van der Waals surface area contributed by atoms with E-state index in [4.69, 9.17) is 0 Å². The van der Waals surface area contributed by atoms with Crippen LogP contribution in [0.1, 0.15) is 86.6 Å². The Labute approximate surface area is 188 Å². The number of anilines is 1. The number of para-hydroxylation sites is 1. The fourth-order valence-electron chi connectivity index (χ4n) is 4.49. The first-order valence-corrected chi connectivity index (χ1v) is 11.6. The standard InChI is InChI=1S/C29H37NO/c1-21(2)25-17-11-18-26(22(3)4)29(25)30-28(24-15-9-6-10-16-24)27(19-12-20-31)23-13-7-5-8-14-23/h5-11,13-18,21-22,27-28,30-31H,12,19-20H2,1-4H3. The van der Waals surface area contributed by atoms with Gasteiger partial charge in [-0.3, -0.25) is 0 Å². The molecule has 164 valence electrons. The average Bonchev–Trinajstić information content (AvgIpc) is 2.79. The predicted octanol–water partition coefficient (Wildman–Crippen LogP) is 7.64. The fraction of sp³-hybridized carbons (Fsp3) is 0.379. The number of hydrogen-bond donors (Lipinski definition) is 2. The molecule has 0 aliphatic heterocycles. The lowest BCUT2D eigenvalue weighted by Crippen LogP contribution is -2.22. The summed E-state index contributed by atoms with van der Waals surface area (Å²) in [6.45, 7) is 9.28. The highest BCUT2D eigenvalue weighted by molar-refractivity contribution is 5.61. The molecule has 2 heteroatoms. The van der Waals surface area contributed by atoms with Crippen molar-refractivity contribution in [2.75, 3.05) is 11.9 Å². The molecule has 0 aromatic heterocycles. The van der Waals surface area contributed by atoms with E-state index in [0.717, 1.165) is 12.8 Å². The van der Waals surface area contributed by atoms with Crippen molar-refractivity contribution in [2.24, 2.45) is 0 Å². The molecule has 0 aliphatic rings. The van der Waals surface area contributed by atoms with Crippen LogP contribution in [0.4, 0.5) is 5.69 Å². The van der Waals surface area contributed by atoms with Crippen molar-refractivity contribution in [1.82, 2.24) is 0 Å². The van der Waals surface area contributed by atoms with Crippen LogP contribution in [0.2, 0.25) is 0 Å². The highest BCUT2D eigenvalue weighted by atomic mass is 16.2. The molecular formula is C29H37NO. The molecule has 0 saturated carbocycles. The molecule has 0 radical (unpaired) electrons. The maximum Gasteiger partial charge on any atom is 0.0582 e. The van der Waals surface area contributed by atoms with E-state index in [1.54, 1.807) is 0 Å². The molecule has 2 unspecified atom stereocenters. The second kappa shape index (κ2) is 11.2. The van der Waals surface area contributed by atoms with Gasteiger partial charge in [-0.25, -0.2) is 0 Å². The zero-order valence-corrected chi connectivity index (χ0v) is 19.4. The molecule has 0 bridgehead atoms. The highest BCUT2D eigenvalue weighted by Gasteiger charge is 2.27. The third-order valence-electron chi connectivity index (χ3n) is 6.13. The summed E-state index contributed by atoms with van der Waals surface area (Å²) >= 11 is 0. The SMILES string of the molecule is CC(C)c1cccc(C(C)C)c1NC(c1ccccc1)C(CCCO)c1ccccc1. The highest BCUT2D eigenvalue weighted by Crippen LogP contribution is 2.41. The third-order valence-corrected chi connectivity index (χ3v) is 6.13. The maximum atomic E-state index is 9.62. The van der Waals surface area contributed by atoms with Crippen LogP contribution in [0.15, 0.2) is 78.9 Å². The average molecular weight is 416 g/mol. The quantitative estimate of drug-likeness (QED) is 0.356. The van der Waals surface area contributed by atoms with Gasteiger partial charge in [-0.15, -0.1) is 0 Å². The lowest BCUT2D eigenvalue weighted by molar-refractivity contribution is 0.277. The largest absolute Gasteiger partial charge is 0.396 e. The van der Waals surface area contributed by atoms with Crippen molar-refractivity contribution in [2.45, 2.75) is 64.3 Å². The second-order valence-electron chi connectivity index (χ2n) is 9.04. The summed E-state index contributed by atoms with van der Waals surface area (Å²) in [4.78, 5) is 0. The Balaban J connectivity index is 2.13. The summed E-state index contributed by atoms with van der Waals surface area (Å²) in [5.74, 6) is 1.13. The smallest absolute Gasteiger partial charge is 0.0582 e. The van der Waals surface area contributed by atoms with Crippen LogP contribution in [-0.2, 0) is 0 Å². The van der Waals surface area contributed by atoms with Gasteiger partial charge in [0.15, 0.2) is 0 Å². The Morgan fingerprint density at radius 2 is 1.19 bits per heavy atom. The molecular weight excluding hydrogens is 378 g/mol. The Morgan fingerprint density at radius 3 is 1.68 bits per heavy atom. The van der Waals surface area contributed by atoms with Crippen molar-refractivity contribution in [3.05, 3.63) is 101 Å².